The SMILES string of the molecule is CC.CCC(=O)CC1CCN(C(C)C)C1. The Morgan fingerprint density at radius 1 is 1.40 bits per heavy atom. The Balaban J connectivity index is 0.000000921. The summed E-state index contributed by atoms with van der Waals surface area (Å²) in [5.41, 5.74) is 0. The van der Waals surface area contributed by atoms with Crippen molar-refractivity contribution in [2.45, 2.75) is 59.9 Å². The van der Waals surface area contributed by atoms with Crippen LogP contribution in [0.5, 0.6) is 0 Å². The number of ketones is 1. The zero-order valence-corrected chi connectivity index (χ0v) is 11.0. The molecule has 1 saturated heterocycles. The molecule has 0 spiro atoms. The van der Waals surface area contributed by atoms with Crippen LogP contribution in [0.25, 0.3) is 0 Å². The van der Waals surface area contributed by atoms with E-state index < -0.39 is 0 Å². The molecule has 0 aromatic rings. The minimum Gasteiger partial charge on any atom is -0.301 e. The number of nitrogens with zero attached hydrogens (tertiary/aromatic N) is 1. The van der Waals surface area contributed by atoms with Gasteiger partial charge in [-0.25, -0.2) is 0 Å². The number of hydrogen-bond acceptors (Lipinski definition) is 2. The molecule has 1 heterocycles. The van der Waals surface area contributed by atoms with Crippen LogP contribution in [0.1, 0.15) is 53.9 Å². The second kappa shape index (κ2) is 7.86. The van der Waals surface area contributed by atoms with E-state index in [4.69, 9.17) is 0 Å². The molecule has 15 heavy (non-hydrogen) atoms. The minimum absolute atomic E-state index is 0.426. The molecule has 2 heteroatoms. The third kappa shape index (κ3) is 5.31. The topological polar surface area (TPSA) is 20.3 Å². The Morgan fingerprint density at radius 3 is 2.40 bits per heavy atom. The van der Waals surface area contributed by atoms with Gasteiger partial charge in [0.15, 0.2) is 0 Å². The number of carbonyl (C=O) groups excluding carboxylic acids is 1. The van der Waals surface area contributed by atoms with Gasteiger partial charge >= 0.3 is 0 Å². The molecular weight excluding hydrogens is 186 g/mol. The van der Waals surface area contributed by atoms with Gasteiger partial charge < -0.3 is 4.90 Å². The smallest absolute Gasteiger partial charge is 0.132 e. The molecule has 1 rings (SSSR count). The first-order chi connectivity index (χ1) is 7.13. The van der Waals surface area contributed by atoms with Crippen molar-refractivity contribution < 1.29 is 4.79 Å². The Labute approximate surface area is 95.0 Å². The van der Waals surface area contributed by atoms with E-state index >= 15 is 0 Å². The number of Topliss-reactive ketones (excluding diaryl/α,β-unsaturated/α-hetero) is 1. The summed E-state index contributed by atoms with van der Waals surface area (Å²) in [7, 11) is 0. The summed E-state index contributed by atoms with van der Waals surface area (Å²) in [4.78, 5) is 13.7. The first kappa shape index (κ1) is 14.6. The average Bonchev–Trinajstić information content (AvgIpc) is 2.69. The van der Waals surface area contributed by atoms with Crippen molar-refractivity contribution in [1.29, 1.82) is 0 Å². The van der Waals surface area contributed by atoms with Gasteiger partial charge in [-0.2, -0.15) is 0 Å². The number of likely N-dealkylation sites (tertiary alicyclic amines) is 1. The maximum atomic E-state index is 11.2. The molecule has 2 nitrogen and oxygen atoms in total. The fourth-order valence-corrected chi connectivity index (χ4v) is 1.96. The lowest BCUT2D eigenvalue weighted by Gasteiger charge is -2.19. The van der Waals surface area contributed by atoms with E-state index in [2.05, 4.69) is 18.7 Å². The second-order valence-electron chi connectivity index (χ2n) is 4.34. The van der Waals surface area contributed by atoms with Crippen LogP contribution in [0.3, 0.4) is 0 Å². The van der Waals surface area contributed by atoms with Crippen LogP contribution in [0.15, 0.2) is 0 Å². The molecule has 90 valence electrons. The summed E-state index contributed by atoms with van der Waals surface area (Å²) < 4.78 is 0. The lowest BCUT2D eigenvalue weighted by atomic mass is 10.0. The van der Waals surface area contributed by atoms with Crippen molar-refractivity contribution in [2.24, 2.45) is 5.92 Å². The van der Waals surface area contributed by atoms with Crippen LogP contribution >= 0.6 is 0 Å². The molecule has 0 radical (unpaired) electrons. The summed E-state index contributed by atoms with van der Waals surface area (Å²) in [6, 6.07) is 0.640. The highest BCUT2D eigenvalue weighted by molar-refractivity contribution is 5.78. The highest BCUT2D eigenvalue weighted by Gasteiger charge is 2.25. The Hall–Kier alpha value is -0.370. The predicted molar refractivity (Wildman–Crippen MR) is 66.1 cm³/mol. The molecule has 1 atom stereocenters. The van der Waals surface area contributed by atoms with Gasteiger partial charge in [-0.05, 0) is 32.7 Å². The van der Waals surface area contributed by atoms with Gasteiger partial charge in [0.05, 0.1) is 0 Å². The lowest BCUT2D eigenvalue weighted by Crippen LogP contribution is -2.28. The summed E-state index contributed by atoms with van der Waals surface area (Å²) in [6.07, 6.45) is 2.72. The van der Waals surface area contributed by atoms with Gasteiger partial charge in [-0.1, -0.05) is 20.8 Å². The molecule has 0 aromatic heterocycles. The summed E-state index contributed by atoms with van der Waals surface area (Å²) >= 11 is 0. The van der Waals surface area contributed by atoms with E-state index in [1.807, 2.05) is 20.8 Å². The summed E-state index contributed by atoms with van der Waals surface area (Å²) in [5.74, 6) is 1.06. The number of hydrogen-bond donors (Lipinski definition) is 0. The molecule has 0 amide bonds. The monoisotopic (exact) mass is 213 g/mol. The van der Waals surface area contributed by atoms with Gasteiger partial charge in [0.1, 0.15) is 5.78 Å². The number of carbonyl (C=O) groups is 1. The van der Waals surface area contributed by atoms with Crippen molar-refractivity contribution in [1.82, 2.24) is 4.90 Å². The Morgan fingerprint density at radius 2 is 2.00 bits per heavy atom. The van der Waals surface area contributed by atoms with Gasteiger partial charge in [-0.15, -0.1) is 0 Å². The predicted octanol–water partition coefficient (Wildman–Crippen LogP) is 3.11. The van der Waals surface area contributed by atoms with Gasteiger partial charge in [0, 0.05) is 25.4 Å². The molecular formula is C13H27NO. The van der Waals surface area contributed by atoms with Crippen LogP contribution in [0.2, 0.25) is 0 Å². The molecule has 0 N–H and O–H groups in total. The van der Waals surface area contributed by atoms with Crippen LogP contribution in [-0.4, -0.2) is 29.8 Å². The van der Waals surface area contributed by atoms with E-state index in [0.717, 1.165) is 13.0 Å². The van der Waals surface area contributed by atoms with Crippen molar-refractivity contribution in [3.63, 3.8) is 0 Å². The van der Waals surface area contributed by atoms with Gasteiger partial charge in [0.2, 0.25) is 0 Å². The molecule has 0 aliphatic carbocycles. The van der Waals surface area contributed by atoms with Gasteiger partial charge in [0.25, 0.3) is 0 Å². The van der Waals surface area contributed by atoms with E-state index in [-0.39, 0.29) is 0 Å². The standard InChI is InChI=1S/C11H21NO.C2H6/c1-4-11(13)7-10-5-6-12(8-10)9(2)3;1-2/h9-10H,4-8H2,1-3H3;1-2H3. The Bertz CT molecular complexity index is 177. The summed E-state index contributed by atoms with van der Waals surface area (Å²) in [5, 5.41) is 0. The highest BCUT2D eigenvalue weighted by Crippen LogP contribution is 2.21. The minimum atomic E-state index is 0.426. The average molecular weight is 213 g/mol. The molecule has 0 aromatic carbocycles. The van der Waals surface area contributed by atoms with E-state index in [1.165, 1.54) is 13.0 Å². The molecule has 0 saturated carbocycles. The first-order valence-corrected chi connectivity index (χ1v) is 6.39. The van der Waals surface area contributed by atoms with E-state index in [9.17, 15) is 4.79 Å². The Kier molecular flexibility index (Phi) is 7.67. The largest absolute Gasteiger partial charge is 0.301 e. The van der Waals surface area contributed by atoms with Crippen LogP contribution in [0, 0.1) is 5.92 Å². The molecule has 0 bridgehead atoms. The highest BCUT2D eigenvalue weighted by atomic mass is 16.1. The molecule has 1 aliphatic heterocycles. The van der Waals surface area contributed by atoms with Crippen LogP contribution in [-0.2, 0) is 4.79 Å². The fraction of sp³-hybridized carbons (Fsp3) is 0.923. The van der Waals surface area contributed by atoms with Crippen molar-refractivity contribution >= 4 is 5.78 Å². The zero-order valence-electron chi connectivity index (χ0n) is 11.0. The van der Waals surface area contributed by atoms with Crippen molar-refractivity contribution in [3.8, 4) is 0 Å². The fourth-order valence-electron chi connectivity index (χ4n) is 1.96. The first-order valence-electron chi connectivity index (χ1n) is 6.39. The maximum absolute atomic E-state index is 11.2. The third-order valence-corrected chi connectivity index (χ3v) is 2.96. The van der Waals surface area contributed by atoms with Gasteiger partial charge in [-0.3, -0.25) is 4.79 Å². The molecule has 1 aliphatic rings. The lowest BCUT2D eigenvalue weighted by molar-refractivity contribution is -0.119. The molecule has 1 fully saturated rings. The normalized spacial score (nSPS) is 21.3. The van der Waals surface area contributed by atoms with Crippen molar-refractivity contribution in [2.75, 3.05) is 13.1 Å². The third-order valence-electron chi connectivity index (χ3n) is 2.96. The second-order valence-corrected chi connectivity index (χ2v) is 4.34. The quantitative estimate of drug-likeness (QED) is 0.715. The van der Waals surface area contributed by atoms with E-state index in [0.29, 0.717) is 24.2 Å². The summed E-state index contributed by atoms with van der Waals surface area (Å²) in [6.45, 7) is 12.7. The maximum Gasteiger partial charge on any atom is 0.132 e. The number of rotatable bonds is 4. The van der Waals surface area contributed by atoms with Crippen LogP contribution < -0.4 is 0 Å². The van der Waals surface area contributed by atoms with E-state index in [1.54, 1.807) is 0 Å². The zero-order chi connectivity index (χ0) is 11.8. The van der Waals surface area contributed by atoms with Crippen LogP contribution in [0.4, 0.5) is 0 Å². The van der Waals surface area contributed by atoms with Crippen molar-refractivity contribution in [3.05, 3.63) is 0 Å². The molecule has 1 unspecified atom stereocenters.